The summed E-state index contributed by atoms with van der Waals surface area (Å²) in [6.07, 6.45) is 7.92. The Morgan fingerprint density at radius 1 is 1.40 bits per heavy atom. The fourth-order valence-electron chi connectivity index (χ4n) is 4.84. The number of aryl methyl sites for hydroxylation is 1. The van der Waals surface area contributed by atoms with Gasteiger partial charge in [-0.3, -0.25) is 14.5 Å². The molecule has 1 spiro atoms. The van der Waals surface area contributed by atoms with Crippen LogP contribution >= 0.6 is 0 Å². The van der Waals surface area contributed by atoms with Gasteiger partial charge in [0.15, 0.2) is 5.82 Å². The summed E-state index contributed by atoms with van der Waals surface area (Å²) in [5, 5.41) is 7.09. The minimum absolute atomic E-state index is 0.0559. The second-order valence-corrected chi connectivity index (χ2v) is 7.61. The van der Waals surface area contributed by atoms with E-state index in [0.29, 0.717) is 18.1 Å². The van der Waals surface area contributed by atoms with Gasteiger partial charge in [0.1, 0.15) is 11.4 Å². The zero-order valence-corrected chi connectivity index (χ0v) is 14.1. The molecular formula is C18H21N3O4. The smallest absolute Gasteiger partial charge is 0.235 e. The molecule has 1 aromatic heterocycles. The van der Waals surface area contributed by atoms with Gasteiger partial charge in [-0.25, -0.2) is 0 Å². The largest absolute Gasteiger partial charge is 0.360 e. The molecular weight excluding hydrogens is 322 g/mol. The fraction of sp³-hybridized carbons (Fsp3) is 0.611. The SMILES string of the molecule is Cc1cc(N2C[C@]34C=C[C@@H](O3)[C@@H](C(=O)NC3CCCC3)[C@H]4C2=O)no1. The van der Waals surface area contributed by atoms with E-state index in [2.05, 4.69) is 10.5 Å². The second-order valence-electron chi connectivity index (χ2n) is 7.61. The molecule has 2 bridgehead atoms. The van der Waals surface area contributed by atoms with Crippen LogP contribution in [0.3, 0.4) is 0 Å². The highest BCUT2D eigenvalue weighted by Crippen LogP contribution is 2.52. The van der Waals surface area contributed by atoms with Gasteiger partial charge in [0.05, 0.1) is 24.5 Å². The van der Waals surface area contributed by atoms with E-state index in [4.69, 9.17) is 9.26 Å². The van der Waals surface area contributed by atoms with E-state index in [1.54, 1.807) is 17.9 Å². The van der Waals surface area contributed by atoms with Crippen LogP contribution < -0.4 is 10.2 Å². The molecule has 132 valence electrons. The van der Waals surface area contributed by atoms with Crippen LogP contribution in [0.1, 0.15) is 31.4 Å². The quantitative estimate of drug-likeness (QED) is 0.837. The number of aromatic nitrogens is 1. The molecule has 7 heteroatoms. The summed E-state index contributed by atoms with van der Waals surface area (Å²) in [7, 11) is 0. The number of amides is 2. The van der Waals surface area contributed by atoms with Crippen LogP contribution in [0, 0.1) is 18.8 Å². The molecule has 3 aliphatic heterocycles. The van der Waals surface area contributed by atoms with Crippen molar-refractivity contribution in [2.24, 2.45) is 11.8 Å². The van der Waals surface area contributed by atoms with Gasteiger partial charge in [0, 0.05) is 12.1 Å². The average molecular weight is 343 g/mol. The highest BCUT2D eigenvalue weighted by atomic mass is 16.5. The molecule has 4 heterocycles. The van der Waals surface area contributed by atoms with Crippen LogP contribution in [0.15, 0.2) is 22.7 Å². The maximum absolute atomic E-state index is 13.1. The summed E-state index contributed by atoms with van der Waals surface area (Å²) in [5.74, 6) is 0.0266. The number of fused-ring (bicyclic) bond motifs is 1. The van der Waals surface area contributed by atoms with E-state index < -0.39 is 17.4 Å². The van der Waals surface area contributed by atoms with Gasteiger partial charge < -0.3 is 14.6 Å². The molecule has 4 aliphatic rings. The van der Waals surface area contributed by atoms with Crippen LogP contribution in [0.2, 0.25) is 0 Å². The lowest BCUT2D eigenvalue weighted by Crippen LogP contribution is -2.46. The first-order chi connectivity index (χ1) is 12.1. The third kappa shape index (κ3) is 2.11. The number of hydrogen-bond donors (Lipinski definition) is 1. The normalized spacial score (nSPS) is 36.4. The molecule has 2 amide bonds. The topological polar surface area (TPSA) is 84.7 Å². The molecule has 5 rings (SSSR count). The third-order valence-corrected chi connectivity index (χ3v) is 6.00. The number of carbonyl (C=O) groups is 2. The van der Waals surface area contributed by atoms with E-state index in [9.17, 15) is 9.59 Å². The second kappa shape index (κ2) is 5.17. The van der Waals surface area contributed by atoms with E-state index in [1.807, 2.05) is 12.2 Å². The van der Waals surface area contributed by atoms with E-state index >= 15 is 0 Å². The molecule has 0 radical (unpaired) electrons. The van der Waals surface area contributed by atoms with Gasteiger partial charge in [0.2, 0.25) is 11.8 Å². The summed E-state index contributed by atoms with van der Waals surface area (Å²) in [4.78, 5) is 27.6. The van der Waals surface area contributed by atoms with Crippen molar-refractivity contribution in [3.63, 3.8) is 0 Å². The van der Waals surface area contributed by atoms with Gasteiger partial charge in [-0.1, -0.05) is 30.2 Å². The number of anilines is 1. The Bertz CT molecular complexity index is 766. The maximum Gasteiger partial charge on any atom is 0.235 e. The maximum atomic E-state index is 13.1. The standard InChI is InChI=1S/C18H21N3O4/c1-10-8-13(20-25-10)21-9-18-7-6-12(24-18)14(15(18)17(21)23)16(22)19-11-4-2-3-5-11/h6-8,11-12,14-15H,2-5,9H2,1H3,(H,19,22)/t12-,14-,15+,18+/m1/s1. The number of ether oxygens (including phenoxy) is 1. The van der Waals surface area contributed by atoms with Crippen LogP contribution in [0.4, 0.5) is 5.82 Å². The van der Waals surface area contributed by atoms with Gasteiger partial charge in [0.25, 0.3) is 0 Å². The molecule has 0 unspecified atom stereocenters. The fourth-order valence-corrected chi connectivity index (χ4v) is 4.84. The Kier molecular flexibility index (Phi) is 3.13. The van der Waals surface area contributed by atoms with E-state index in [-0.39, 0.29) is 24.0 Å². The predicted molar refractivity (Wildman–Crippen MR) is 87.7 cm³/mol. The monoisotopic (exact) mass is 343 g/mol. The van der Waals surface area contributed by atoms with Gasteiger partial charge >= 0.3 is 0 Å². The molecule has 1 saturated carbocycles. The van der Waals surface area contributed by atoms with E-state index in [1.165, 1.54) is 0 Å². The number of nitrogens with zero attached hydrogens (tertiary/aromatic N) is 2. The lowest BCUT2D eigenvalue weighted by atomic mass is 9.76. The Labute approximate surface area is 145 Å². The number of hydrogen-bond acceptors (Lipinski definition) is 5. The molecule has 7 nitrogen and oxygen atoms in total. The molecule has 25 heavy (non-hydrogen) atoms. The van der Waals surface area contributed by atoms with E-state index in [0.717, 1.165) is 25.7 Å². The van der Waals surface area contributed by atoms with Gasteiger partial charge in [-0.2, -0.15) is 0 Å². The molecule has 2 saturated heterocycles. The Morgan fingerprint density at radius 3 is 2.92 bits per heavy atom. The molecule has 1 aliphatic carbocycles. The lowest BCUT2D eigenvalue weighted by molar-refractivity contribution is -0.132. The third-order valence-electron chi connectivity index (χ3n) is 6.00. The highest BCUT2D eigenvalue weighted by molar-refractivity contribution is 6.02. The Morgan fingerprint density at radius 2 is 2.20 bits per heavy atom. The highest BCUT2D eigenvalue weighted by Gasteiger charge is 2.67. The number of rotatable bonds is 3. The van der Waals surface area contributed by atoms with Gasteiger partial charge in [-0.05, 0) is 19.8 Å². The first-order valence-electron chi connectivity index (χ1n) is 9.00. The summed E-state index contributed by atoms with van der Waals surface area (Å²) in [5.41, 5.74) is -0.716. The van der Waals surface area contributed by atoms with Crippen molar-refractivity contribution in [2.45, 2.75) is 50.4 Å². The summed E-state index contributed by atoms with van der Waals surface area (Å²) >= 11 is 0. The predicted octanol–water partition coefficient (Wildman–Crippen LogP) is 1.33. The Balaban J connectivity index is 1.42. The molecule has 1 N–H and O–H groups in total. The molecule has 4 atom stereocenters. The minimum atomic E-state index is -0.716. The first-order valence-corrected chi connectivity index (χ1v) is 9.00. The van der Waals surface area contributed by atoms with Crippen LogP contribution in [-0.2, 0) is 14.3 Å². The summed E-state index contributed by atoms with van der Waals surface area (Å²) in [6, 6.07) is 1.97. The minimum Gasteiger partial charge on any atom is -0.360 e. The van der Waals surface area contributed by atoms with Crippen molar-refractivity contribution in [1.82, 2.24) is 10.5 Å². The van der Waals surface area contributed by atoms with Crippen molar-refractivity contribution in [1.29, 1.82) is 0 Å². The molecule has 3 fully saturated rings. The lowest BCUT2D eigenvalue weighted by Gasteiger charge is -2.24. The number of carbonyl (C=O) groups excluding carboxylic acids is 2. The zero-order chi connectivity index (χ0) is 17.2. The van der Waals surface area contributed by atoms with Crippen molar-refractivity contribution >= 4 is 17.6 Å². The number of nitrogens with one attached hydrogen (secondary N) is 1. The summed E-state index contributed by atoms with van der Waals surface area (Å²) < 4.78 is 11.2. The first kappa shape index (κ1) is 15.1. The van der Waals surface area contributed by atoms with Gasteiger partial charge in [-0.15, -0.1) is 0 Å². The van der Waals surface area contributed by atoms with Crippen LogP contribution in [-0.4, -0.2) is 41.3 Å². The van der Waals surface area contributed by atoms with Crippen molar-refractivity contribution in [3.8, 4) is 0 Å². The van der Waals surface area contributed by atoms with Crippen molar-refractivity contribution in [2.75, 3.05) is 11.4 Å². The van der Waals surface area contributed by atoms with Crippen LogP contribution in [0.25, 0.3) is 0 Å². The summed E-state index contributed by atoms with van der Waals surface area (Å²) in [6.45, 7) is 2.17. The molecule has 0 aromatic carbocycles. The average Bonchev–Trinajstić information content (AvgIpc) is 3.36. The van der Waals surface area contributed by atoms with Crippen LogP contribution in [0.5, 0.6) is 0 Å². The molecule has 1 aromatic rings. The van der Waals surface area contributed by atoms with Crippen molar-refractivity contribution < 1.29 is 18.8 Å². The Hall–Kier alpha value is -2.15. The van der Waals surface area contributed by atoms with Crippen molar-refractivity contribution in [3.05, 3.63) is 24.0 Å². The zero-order valence-electron chi connectivity index (χ0n) is 14.1.